The second-order valence-electron chi connectivity index (χ2n) is 3.50. The topological polar surface area (TPSA) is 46.5 Å². The quantitative estimate of drug-likeness (QED) is 0.819. The van der Waals surface area contributed by atoms with Crippen molar-refractivity contribution >= 4 is 5.78 Å². The third-order valence-corrected chi connectivity index (χ3v) is 2.44. The lowest BCUT2D eigenvalue weighted by atomic mass is 10.0. The molecule has 0 amide bonds. The molecule has 0 aromatic heterocycles. The largest absolute Gasteiger partial charge is 0.507 e. The Morgan fingerprint density at radius 3 is 2.53 bits per heavy atom. The summed E-state index contributed by atoms with van der Waals surface area (Å²) < 4.78 is 5.01. The Balaban J connectivity index is 2.34. The monoisotopic (exact) mass is 227 g/mol. The maximum Gasteiger partial charge on any atom is 0.196 e. The number of carbonyl (C=O) groups excluding carboxylic acids is 1. The van der Waals surface area contributed by atoms with Crippen LogP contribution in [0.25, 0.3) is 0 Å². The van der Waals surface area contributed by atoms with Crippen LogP contribution >= 0.6 is 0 Å². The lowest BCUT2D eigenvalue weighted by molar-refractivity contribution is 0.103. The van der Waals surface area contributed by atoms with Crippen molar-refractivity contribution in [2.45, 2.75) is 0 Å². The summed E-state index contributed by atoms with van der Waals surface area (Å²) in [6.45, 7) is 0. The molecule has 0 unspecified atom stereocenters. The zero-order valence-corrected chi connectivity index (χ0v) is 9.31. The van der Waals surface area contributed by atoms with Crippen molar-refractivity contribution in [1.82, 2.24) is 0 Å². The predicted molar refractivity (Wildman–Crippen MR) is 63.4 cm³/mol. The fourth-order valence-corrected chi connectivity index (χ4v) is 1.51. The number of phenols is 1. The van der Waals surface area contributed by atoms with Gasteiger partial charge in [0.25, 0.3) is 0 Å². The highest BCUT2D eigenvalue weighted by Gasteiger charge is 2.12. The molecule has 85 valence electrons. The molecule has 0 aliphatic heterocycles. The molecular formula is C14H11O3. The van der Waals surface area contributed by atoms with Crippen LogP contribution in [0.3, 0.4) is 0 Å². The van der Waals surface area contributed by atoms with Crippen LogP contribution in [-0.4, -0.2) is 18.0 Å². The molecule has 0 heterocycles. The lowest BCUT2D eigenvalue weighted by Crippen LogP contribution is -2.01. The van der Waals surface area contributed by atoms with Gasteiger partial charge in [-0.05, 0) is 42.5 Å². The molecule has 0 bridgehead atoms. The Labute approximate surface area is 99.3 Å². The highest BCUT2D eigenvalue weighted by Crippen LogP contribution is 2.20. The number of methoxy groups -OCH3 is 1. The molecule has 3 heteroatoms. The fraction of sp³-hybridized carbons (Fsp3) is 0.0714. The van der Waals surface area contributed by atoms with Gasteiger partial charge in [0.05, 0.1) is 12.7 Å². The molecule has 3 nitrogen and oxygen atoms in total. The van der Waals surface area contributed by atoms with Crippen molar-refractivity contribution in [3.8, 4) is 11.5 Å². The van der Waals surface area contributed by atoms with Gasteiger partial charge in [-0.2, -0.15) is 0 Å². The van der Waals surface area contributed by atoms with Crippen molar-refractivity contribution in [1.29, 1.82) is 0 Å². The summed E-state index contributed by atoms with van der Waals surface area (Å²) in [7, 11) is 1.57. The fourth-order valence-electron chi connectivity index (χ4n) is 1.51. The van der Waals surface area contributed by atoms with Gasteiger partial charge in [0.1, 0.15) is 11.5 Å². The summed E-state index contributed by atoms with van der Waals surface area (Å²) in [4.78, 5) is 12.1. The predicted octanol–water partition coefficient (Wildman–Crippen LogP) is 2.43. The highest BCUT2D eigenvalue weighted by atomic mass is 16.5. The van der Waals surface area contributed by atoms with Crippen LogP contribution in [0.1, 0.15) is 15.9 Å². The number of carbonyl (C=O) groups is 1. The maximum absolute atomic E-state index is 12.1. The first-order valence-corrected chi connectivity index (χ1v) is 5.10. The van der Waals surface area contributed by atoms with Crippen LogP contribution < -0.4 is 4.74 Å². The summed E-state index contributed by atoms with van der Waals surface area (Å²) in [5.41, 5.74) is 0.779. The summed E-state index contributed by atoms with van der Waals surface area (Å²) in [5, 5.41) is 9.57. The highest BCUT2D eigenvalue weighted by molar-refractivity contribution is 6.10. The van der Waals surface area contributed by atoms with E-state index >= 15 is 0 Å². The number of aromatic hydroxyl groups is 1. The van der Waals surface area contributed by atoms with Crippen LogP contribution in [0.4, 0.5) is 0 Å². The zero-order valence-electron chi connectivity index (χ0n) is 9.31. The molecule has 0 aliphatic rings. The Morgan fingerprint density at radius 2 is 1.94 bits per heavy atom. The number of ether oxygens (including phenoxy) is 1. The molecule has 0 aliphatic carbocycles. The summed E-state index contributed by atoms with van der Waals surface area (Å²) in [6.07, 6.45) is 0. The number of ketones is 1. The third-order valence-electron chi connectivity index (χ3n) is 2.44. The minimum atomic E-state index is -0.223. The van der Waals surface area contributed by atoms with Gasteiger partial charge in [0, 0.05) is 5.56 Å². The Morgan fingerprint density at radius 1 is 1.24 bits per heavy atom. The van der Waals surface area contributed by atoms with Crippen LogP contribution in [0.2, 0.25) is 0 Å². The van der Waals surface area contributed by atoms with E-state index in [-0.39, 0.29) is 17.1 Å². The molecule has 1 N–H and O–H groups in total. The van der Waals surface area contributed by atoms with Crippen LogP contribution in [0.15, 0.2) is 42.5 Å². The van der Waals surface area contributed by atoms with E-state index in [0.717, 1.165) is 0 Å². The van der Waals surface area contributed by atoms with E-state index in [1.807, 2.05) is 0 Å². The second kappa shape index (κ2) is 4.70. The molecule has 17 heavy (non-hydrogen) atoms. The van der Waals surface area contributed by atoms with E-state index < -0.39 is 0 Å². The minimum Gasteiger partial charge on any atom is -0.507 e. The molecule has 2 aromatic rings. The Bertz CT molecular complexity index is 529. The molecule has 1 radical (unpaired) electrons. The van der Waals surface area contributed by atoms with Gasteiger partial charge in [-0.1, -0.05) is 6.07 Å². The number of hydrogen-bond acceptors (Lipinski definition) is 3. The van der Waals surface area contributed by atoms with Gasteiger partial charge in [-0.15, -0.1) is 0 Å². The molecule has 0 saturated carbocycles. The molecule has 0 atom stereocenters. The van der Waals surface area contributed by atoms with Crippen LogP contribution in [-0.2, 0) is 0 Å². The van der Waals surface area contributed by atoms with Gasteiger partial charge >= 0.3 is 0 Å². The van der Waals surface area contributed by atoms with E-state index in [1.165, 1.54) is 6.07 Å². The van der Waals surface area contributed by atoms with Gasteiger partial charge < -0.3 is 9.84 Å². The average molecular weight is 227 g/mol. The zero-order chi connectivity index (χ0) is 12.3. The first kappa shape index (κ1) is 11.2. The third kappa shape index (κ3) is 2.28. The van der Waals surface area contributed by atoms with Crippen molar-refractivity contribution in [3.63, 3.8) is 0 Å². The first-order valence-electron chi connectivity index (χ1n) is 5.10. The van der Waals surface area contributed by atoms with Crippen molar-refractivity contribution in [2.24, 2.45) is 0 Å². The van der Waals surface area contributed by atoms with Crippen molar-refractivity contribution < 1.29 is 14.6 Å². The summed E-state index contributed by atoms with van der Waals surface area (Å²) in [6, 6.07) is 14.0. The summed E-state index contributed by atoms with van der Waals surface area (Å²) >= 11 is 0. The van der Waals surface area contributed by atoms with Gasteiger partial charge in [-0.3, -0.25) is 4.79 Å². The number of benzene rings is 2. The van der Waals surface area contributed by atoms with Gasteiger partial charge in [-0.25, -0.2) is 0 Å². The smallest absolute Gasteiger partial charge is 0.196 e. The SMILES string of the molecule is COc1ccc(C(=O)c2cc[c]cc2O)cc1. The normalized spacial score (nSPS) is 9.94. The molecule has 2 rings (SSSR count). The number of hydrogen-bond donors (Lipinski definition) is 1. The molecule has 0 saturated heterocycles. The van der Waals surface area contributed by atoms with E-state index in [9.17, 15) is 9.90 Å². The Hall–Kier alpha value is -2.29. The Kier molecular flexibility index (Phi) is 3.10. The van der Waals surface area contributed by atoms with Gasteiger partial charge in [0.2, 0.25) is 0 Å². The molecule has 2 aromatic carbocycles. The number of rotatable bonds is 3. The van der Waals surface area contributed by atoms with E-state index in [0.29, 0.717) is 11.3 Å². The molecule has 0 spiro atoms. The standard InChI is InChI=1S/C14H11O3/c1-17-11-8-6-10(7-9-11)14(16)12-4-2-3-5-13(12)15/h2,4-9,15H,1H3. The van der Waals surface area contributed by atoms with E-state index in [2.05, 4.69) is 6.07 Å². The molecule has 0 fully saturated rings. The second-order valence-corrected chi connectivity index (χ2v) is 3.50. The van der Waals surface area contributed by atoms with E-state index in [1.54, 1.807) is 43.5 Å². The van der Waals surface area contributed by atoms with Gasteiger partial charge in [0.15, 0.2) is 5.78 Å². The van der Waals surface area contributed by atoms with Crippen molar-refractivity contribution in [2.75, 3.05) is 7.11 Å². The van der Waals surface area contributed by atoms with Crippen LogP contribution in [0.5, 0.6) is 11.5 Å². The molecular weight excluding hydrogens is 216 g/mol. The summed E-state index contributed by atoms with van der Waals surface area (Å²) in [5.74, 6) is 0.402. The first-order chi connectivity index (χ1) is 8.22. The van der Waals surface area contributed by atoms with Crippen molar-refractivity contribution in [3.05, 3.63) is 59.7 Å². The lowest BCUT2D eigenvalue weighted by Gasteiger charge is -2.04. The average Bonchev–Trinajstić information content (AvgIpc) is 2.39. The minimum absolute atomic E-state index is 0.0617. The van der Waals surface area contributed by atoms with Crippen LogP contribution in [0, 0.1) is 6.07 Å². The number of phenolic OH excluding ortho intramolecular Hbond substituents is 1. The maximum atomic E-state index is 12.1. The van der Waals surface area contributed by atoms with E-state index in [4.69, 9.17) is 4.74 Å².